The first kappa shape index (κ1) is 22.1. The molecule has 32 heavy (non-hydrogen) atoms. The Balaban J connectivity index is 1.82. The zero-order valence-electron chi connectivity index (χ0n) is 18.8. The molecule has 166 valence electrons. The molecule has 2 aromatic carbocycles. The van der Waals surface area contributed by atoms with Crippen LogP contribution in [0.25, 0.3) is 11.3 Å². The summed E-state index contributed by atoms with van der Waals surface area (Å²) in [5.74, 6) is 1.18. The molecule has 1 atom stereocenters. The summed E-state index contributed by atoms with van der Waals surface area (Å²) >= 11 is 1.56. The van der Waals surface area contributed by atoms with Crippen molar-refractivity contribution >= 4 is 29.0 Å². The highest BCUT2D eigenvalue weighted by molar-refractivity contribution is 7.99. The fraction of sp³-hybridized carbons (Fsp3) is 0.333. The van der Waals surface area contributed by atoms with Crippen molar-refractivity contribution in [1.29, 1.82) is 0 Å². The Morgan fingerprint density at radius 2 is 1.88 bits per heavy atom. The van der Waals surface area contributed by atoms with Crippen molar-refractivity contribution in [2.75, 3.05) is 29.6 Å². The molecule has 1 aliphatic heterocycles. The lowest BCUT2D eigenvalue weighted by Gasteiger charge is -2.30. The third-order valence-corrected chi connectivity index (χ3v) is 6.20. The molecule has 1 aromatic heterocycles. The molecule has 1 aliphatic rings. The summed E-state index contributed by atoms with van der Waals surface area (Å²) in [6, 6.07) is 15.6. The number of ether oxygens (including phenoxy) is 1. The zero-order valence-corrected chi connectivity index (χ0v) is 19.6. The van der Waals surface area contributed by atoms with E-state index in [-0.39, 0.29) is 5.91 Å². The minimum atomic E-state index is -0.670. The van der Waals surface area contributed by atoms with Gasteiger partial charge in [0, 0.05) is 43.6 Å². The normalized spacial score (nSPS) is 14.8. The number of hydrogen-bond acceptors (Lipinski definition) is 7. The Hall–Kier alpha value is -3.13. The van der Waals surface area contributed by atoms with E-state index in [4.69, 9.17) is 4.74 Å². The molecular formula is C24H27N5O2S. The lowest BCUT2D eigenvalue weighted by molar-refractivity contribution is -0.118. The van der Waals surface area contributed by atoms with Gasteiger partial charge in [-0.25, -0.2) is 0 Å². The maximum absolute atomic E-state index is 12.8. The van der Waals surface area contributed by atoms with Crippen LogP contribution in [0.4, 0.5) is 11.4 Å². The number of unbranched alkanes of at least 4 members (excludes halogenated alkanes) is 1. The third kappa shape index (κ3) is 4.41. The molecule has 0 bridgehead atoms. The smallest absolute Gasteiger partial charge is 0.247 e. The van der Waals surface area contributed by atoms with Gasteiger partial charge in [0.25, 0.3) is 0 Å². The molecule has 3 aromatic rings. The molecule has 0 saturated carbocycles. The zero-order chi connectivity index (χ0) is 22.7. The monoisotopic (exact) mass is 449 g/mol. The van der Waals surface area contributed by atoms with Gasteiger partial charge in [-0.2, -0.15) is 4.98 Å². The molecular weight excluding hydrogens is 422 g/mol. The number of amides is 1. The maximum atomic E-state index is 12.8. The summed E-state index contributed by atoms with van der Waals surface area (Å²) in [5.41, 5.74) is 3.96. The third-order valence-electron chi connectivity index (χ3n) is 5.27. The second-order valence-electron chi connectivity index (χ2n) is 7.81. The predicted octanol–water partition coefficient (Wildman–Crippen LogP) is 4.94. The molecule has 0 spiro atoms. The van der Waals surface area contributed by atoms with Crippen molar-refractivity contribution in [3.8, 4) is 17.1 Å². The van der Waals surface area contributed by atoms with Crippen LogP contribution in [0.2, 0.25) is 0 Å². The van der Waals surface area contributed by atoms with Gasteiger partial charge in [-0.15, -0.1) is 10.2 Å². The Morgan fingerprint density at radius 3 is 2.56 bits per heavy atom. The number of anilines is 2. The molecule has 1 amide bonds. The van der Waals surface area contributed by atoms with Gasteiger partial charge in [-0.1, -0.05) is 55.4 Å². The number of fused-ring (bicyclic) bond motifs is 3. The lowest BCUT2D eigenvalue weighted by atomic mass is 10.1. The van der Waals surface area contributed by atoms with E-state index in [0.29, 0.717) is 16.7 Å². The Kier molecular flexibility index (Phi) is 6.60. The number of hydrogen-bond donors (Lipinski definition) is 0. The van der Waals surface area contributed by atoms with Gasteiger partial charge in [0.15, 0.2) is 5.69 Å². The Labute approximate surface area is 192 Å². The highest BCUT2D eigenvalue weighted by Crippen LogP contribution is 2.43. The Bertz CT molecular complexity index is 1100. The molecule has 0 aliphatic carbocycles. The highest BCUT2D eigenvalue weighted by Gasteiger charge is 2.34. The predicted molar refractivity (Wildman–Crippen MR) is 128 cm³/mol. The van der Waals surface area contributed by atoms with Gasteiger partial charge in [0.2, 0.25) is 23.2 Å². The molecule has 0 unspecified atom stereocenters. The second-order valence-corrected chi connectivity index (χ2v) is 8.87. The van der Waals surface area contributed by atoms with E-state index in [9.17, 15) is 4.79 Å². The van der Waals surface area contributed by atoms with Crippen LogP contribution in [-0.2, 0) is 4.79 Å². The van der Waals surface area contributed by atoms with Crippen LogP contribution in [0.3, 0.4) is 0 Å². The van der Waals surface area contributed by atoms with Gasteiger partial charge < -0.3 is 9.64 Å². The number of para-hydroxylation sites is 1. The number of aromatic nitrogens is 3. The van der Waals surface area contributed by atoms with Crippen molar-refractivity contribution in [3.63, 3.8) is 0 Å². The quantitative estimate of drug-likeness (QED) is 0.390. The number of rotatable bonds is 6. The van der Waals surface area contributed by atoms with E-state index in [2.05, 4.69) is 22.1 Å². The minimum absolute atomic E-state index is 0.127. The summed E-state index contributed by atoms with van der Waals surface area (Å²) in [6.45, 7) is 3.70. The summed E-state index contributed by atoms with van der Waals surface area (Å²) < 4.78 is 6.41. The van der Waals surface area contributed by atoms with E-state index >= 15 is 0 Å². The van der Waals surface area contributed by atoms with E-state index < -0.39 is 6.23 Å². The summed E-state index contributed by atoms with van der Waals surface area (Å²) in [7, 11) is 3.98. The van der Waals surface area contributed by atoms with Crippen LogP contribution in [0.1, 0.15) is 38.5 Å². The summed E-state index contributed by atoms with van der Waals surface area (Å²) in [6.07, 6.45) is 1.51. The lowest BCUT2D eigenvalue weighted by Crippen LogP contribution is -2.36. The number of carbonyl (C=O) groups excluding carboxylic acids is 1. The van der Waals surface area contributed by atoms with Crippen LogP contribution in [0.5, 0.6) is 5.88 Å². The number of carbonyl (C=O) groups is 1. The van der Waals surface area contributed by atoms with Crippen molar-refractivity contribution in [1.82, 2.24) is 15.2 Å². The molecule has 4 rings (SSSR count). The largest absolute Gasteiger partial charge is 0.447 e. The van der Waals surface area contributed by atoms with Crippen LogP contribution in [0, 0.1) is 0 Å². The van der Waals surface area contributed by atoms with Gasteiger partial charge >= 0.3 is 0 Å². The fourth-order valence-electron chi connectivity index (χ4n) is 3.58. The van der Waals surface area contributed by atoms with E-state index in [0.717, 1.165) is 41.1 Å². The first-order valence-corrected chi connectivity index (χ1v) is 11.7. The standard InChI is InChI=1S/C24H27N5O2S/c1-5-6-15-32-24-25-22-21(26-27-24)19-9-7-8-10-20(19)29(16(2)30)23(31-22)17-11-13-18(14-12-17)28(3)4/h7-14,23H,5-6,15H2,1-4H3/t23-/m1/s1. The van der Waals surface area contributed by atoms with Crippen LogP contribution >= 0.6 is 11.8 Å². The number of thioether (sulfide) groups is 1. The molecule has 0 saturated heterocycles. The second kappa shape index (κ2) is 9.56. The van der Waals surface area contributed by atoms with Gasteiger partial charge in [0.1, 0.15) is 0 Å². The fourth-order valence-corrected chi connectivity index (χ4v) is 4.44. The molecule has 0 N–H and O–H groups in total. The first-order chi connectivity index (χ1) is 15.5. The molecule has 2 heterocycles. The highest BCUT2D eigenvalue weighted by atomic mass is 32.2. The van der Waals surface area contributed by atoms with Crippen LogP contribution < -0.4 is 14.5 Å². The van der Waals surface area contributed by atoms with Gasteiger partial charge in [-0.3, -0.25) is 9.69 Å². The summed E-state index contributed by atoms with van der Waals surface area (Å²) in [4.78, 5) is 21.2. The van der Waals surface area contributed by atoms with E-state index in [1.165, 1.54) is 0 Å². The number of nitrogens with zero attached hydrogens (tertiary/aromatic N) is 5. The summed E-state index contributed by atoms with van der Waals surface area (Å²) in [5, 5.41) is 9.35. The topological polar surface area (TPSA) is 71.5 Å². The minimum Gasteiger partial charge on any atom is -0.447 e. The Morgan fingerprint density at radius 1 is 1.12 bits per heavy atom. The average molecular weight is 450 g/mol. The van der Waals surface area contributed by atoms with Crippen molar-refractivity contribution in [3.05, 3.63) is 54.1 Å². The molecule has 0 fully saturated rings. The van der Waals surface area contributed by atoms with E-state index in [1.54, 1.807) is 23.6 Å². The molecule has 0 radical (unpaired) electrons. The molecule has 7 nitrogen and oxygen atoms in total. The van der Waals surface area contributed by atoms with Crippen LogP contribution in [0.15, 0.2) is 53.7 Å². The van der Waals surface area contributed by atoms with Crippen molar-refractivity contribution in [2.24, 2.45) is 0 Å². The average Bonchev–Trinajstić information content (AvgIpc) is 2.93. The van der Waals surface area contributed by atoms with E-state index in [1.807, 2.05) is 67.5 Å². The SMILES string of the molecule is CCCCSc1nnc2c(n1)O[C@H](c1ccc(N(C)C)cc1)N(C(C)=O)c1ccccc1-2. The van der Waals surface area contributed by atoms with Crippen LogP contribution in [-0.4, -0.2) is 40.9 Å². The van der Waals surface area contributed by atoms with Gasteiger partial charge in [0.05, 0.1) is 5.69 Å². The maximum Gasteiger partial charge on any atom is 0.247 e. The van der Waals surface area contributed by atoms with Crippen molar-refractivity contribution < 1.29 is 9.53 Å². The first-order valence-electron chi connectivity index (χ1n) is 10.7. The number of benzene rings is 2. The van der Waals surface area contributed by atoms with Gasteiger partial charge in [-0.05, 0) is 24.6 Å². The molecule has 8 heteroatoms. The van der Waals surface area contributed by atoms with Crippen molar-refractivity contribution in [2.45, 2.75) is 38.1 Å².